The van der Waals surface area contributed by atoms with E-state index in [1.54, 1.807) is 0 Å². The Morgan fingerprint density at radius 2 is 1.74 bits per heavy atom. The molecular weight excluding hydrogens is 636 g/mol. The topological polar surface area (TPSA) is 92.3 Å². The SMILES string of the molecule is CCOc1cc([C@@H](C[N+](=O)[O-])Sc2nnc(C)n2-c2ccc(C)cc2)cc(Br)c1OCc1ccc(Br)cc1. The first kappa shape index (κ1) is 28.1. The zero-order valence-corrected chi connectivity index (χ0v) is 25.0. The molecule has 0 saturated heterocycles. The van der Waals surface area contributed by atoms with Gasteiger partial charge in [0.05, 0.1) is 11.1 Å². The standard InChI is InChI=1S/C27H26Br2N4O4S/c1-4-36-24-14-20(13-23(29)26(24)37-16-19-7-9-21(28)10-8-19)25(15-32(34)35)38-27-31-30-18(3)33(27)22-11-5-17(2)6-12-22/h5-14,25H,4,15-16H2,1-3H3/t25-/m1/s1. The molecule has 11 heteroatoms. The van der Waals surface area contributed by atoms with Crippen LogP contribution in [0.3, 0.4) is 0 Å². The molecule has 1 atom stereocenters. The van der Waals surface area contributed by atoms with Crippen molar-refractivity contribution in [1.82, 2.24) is 14.8 Å². The van der Waals surface area contributed by atoms with Crippen molar-refractivity contribution in [2.75, 3.05) is 13.2 Å². The molecule has 0 unspecified atom stereocenters. The highest BCUT2D eigenvalue weighted by Gasteiger charge is 2.26. The molecule has 0 N–H and O–H groups in total. The van der Waals surface area contributed by atoms with E-state index >= 15 is 0 Å². The number of hydrogen-bond acceptors (Lipinski definition) is 7. The lowest BCUT2D eigenvalue weighted by molar-refractivity contribution is -0.479. The predicted octanol–water partition coefficient (Wildman–Crippen LogP) is 7.50. The fourth-order valence-corrected chi connectivity index (χ4v) is 5.79. The average molecular weight is 662 g/mol. The van der Waals surface area contributed by atoms with E-state index in [0.717, 1.165) is 21.3 Å². The lowest BCUT2D eigenvalue weighted by Gasteiger charge is -2.19. The lowest BCUT2D eigenvalue weighted by Crippen LogP contribution is -2.12. The maximum absolute atomic E-state index is 11.7. The average Bonchev–Trinajstić information content (AvgIpc) is 3.24. The van der Waals surface area contributed by atoms with Crippen LogP contribution >= 0.6 is 43.6 Å². The highest BCUT2D eigenvalue weighted by molar-refractivity contribution is 9.10. The van der Waals surface area contributed by atoms with Gasteiger partial charge in [0.2, 0.25) is 6.54 Å². The molecule has 4 rings (SSSR count). The summed E-state index contributed by atoms with van der Waals surface area (Å²) in [6.45, 7) is 6.22. The van der Waals surface area contributed by atoms with Gasteiger partial charge in [0, 0.05) is 15.1 Å². The highest BCUT2D eigenvalue weighted by atomic mass is 79.9. The van der Waals surface area contributed by atoms with Gasteiger partial charge >= 0.3 is 0 Å². The van der Waals surface area contributed by atoms with Gasteiger partial charge in [0.25, 0.3) is 0 Å². The molecule has 0 fully saturated rings. The second-order valence-corrected chi connectivity index (χ2v) is 11.4. The Balaban J connectivity index is 1.66. The normalized spacial score (nSPS) is 11.8. The largest absolute Gasteiger partial charge is 0.490 e. The van der Waals surface area contributed by atoms with Crippen LogP contribution in [0.5, 0.6) is 11.5 Å². The van der Waals surface area contributed by atoms with Crippen LogP contribution in [0.1, 0.15) is 34.7 Å². The minimum atomic E-state index is -0.547. The zero-order chi connectivity index (χ0) is 27.2. The summed E-state index contributed by atoms with van der Waals surface area (Å²) in [5.74, 6) is 1.75. The second kappa shape index (κ2) is 12.8. The first-order chi connectivity index (χ1) is 18.2. The summed E-state index contributed by atoms with van der Waals surface area (Å²) in [5.41, 5.74) is 3.75. The molecule has 4 aromatic rings. The molecule has 0 bridgehead atoms. The summed E-state index contributed by atoms with van der Waals surface area (Å²) >= 11 is 8.35. The summed E-state index contributed by atoms with van der Waals surface area (Å²) in [5, 5.41) is 20.3. The Morgan fingerprint density at radius 3 is 2.39 bits per heavy atom. The van der Waals surface area contributed by atoms with Crippen molar-refractivity contribution in [1.29, 1.82) is 0 Å². The number of thioether (sulfide) groups is 1. The van der Waals surface area contributed by atoms with E-state index in [1.165, 1.54) is 11.8 Å². The summed E-state index contributed by atoms with van der Waals surface area (Å²) < 4.78 is 15.6. The Labute approximate surface area is 242 Å². The quantitative estimate of drug-likeness (QED) is 0.0934. The number of nitrogens with zero attached hydrogens (tertiary/aromatic N) is 4. The molecule has 198 valence electrons. The number of aromatic nitrogens is 3. The highest BCUT2D eigenvalue weighted by Crippen LogP contribution is 2.43. The van der Waals surface area contributed by atoms with Crippen LogP contribution in [0.2, 0.25) is 0 Å². The van der Waals surface area contributed by atoms with E-state index in [9.17, 15) is 10.1 Å². The molecule has 0 radical (unpaired) electrons. The fourth-order valence-electron chi connectivity index (χ4n) is 3.80. The Kier molecular flexibility index (Phi) is 9.45. The lowest BCUT2D eigenvalue weighted by atomic mass is 10.1. The molecule has 0 saturated carbocycles. The van der Waals surface area contributed by atoms with E-state index in [2.05, 4.69) is 42.1 Å². The van der Waals surface area contributed by atoms with Gasteiger partial charge in [0.15, 0.2) is 16.7 Å². The molecule has 1 heterocycles. The van der Waals surface area contributed by atoms with E-state index in [4.69, 9.17) is 9.47 Å². The van der Waals surface area contributed by atoms with Crippen LogP contribution in [-0.2, 0) is 6.61 Å². The van der Waals surface area contributed by atoms with Crippen molar-refractivity contribution in [2.24, 2.45) is 0 Å². The molecule has 3 aromatic carbocycles. The molecule has 0 spiro atoms. The van der Waals surface area contributed by atoms with Crippen LogP contribution in [0.4, 0.5) is 0 Å². The van der Waals surface area contributed by atoms with Crippen molar-refractivity contribution >= 4 is 43.6 Å². The van der Waals surface area contributed by atoms with E-state index < -0.39 is 5.25 Å². The molecule has 38 heavy (non-hydrogen) atoms. The minimum absolute atomic E-state index is 0.304. The maximum atomic E-state index is 11.7. The van der Waals surface area contributed by atoms with E-state index in [0.29, 0.717) is 45.7 Å². The number of ether oxygens (including phenoxy) is 2. The molecule has 1 aromatic heterocycles. The predicted molar refractivity (Wildman–Crippen MR) is 155 cm³/mol. The Bertz CT molecular complexity index is 1410. The van der Waals surface area contributed by atoms with Crippen molar-refractivity contribution in [3.05, 3.63) is 102 Å². The van der Waals surface area contributed by atoms with Crippen LogP contribution in [0.25, 0.3) is 5.69 Å². The molecule has 0 aliphatic carbocycles. The molecule has 0 amide bonds. The number of hydrogen-bond donors (Lipinski definition) is 0. The van der Waals surface area contributed by atoms with Crippen LogP contribution in [-0.4, -0.2) is 32.8 Å². The van der Waals surface area contributed by atoms with Crippen LogP contribution in [0.15, 0.2) is 74.8 Å². The van der Waals surface area contributed by atoms with Crippen LogP contribution < -0.4 is 9.47 Å². The minimum Gasteiger partial charge on any atom is -0.490 e. The van der Waals surface area contributed by atoms with Crippen molar-refractivity contribution in [3.8, 4) is 17.2 Å². The molecular formula is C27H26Br2N4O4S. The van der Waals surface area contributed by atoms with Gasteiger partial charge in [-0.1, -0.05) is 57.5 Å². The smallest absolute Gasteiger partial charge is 0.220 e. The van der Waals surface area contributed by atoms with Gasteiger partial charge in [-0.25, -0.2) is 0 Å². The van der Waals surface area contributed by atoms with Gasteiger partial charge in [-0.3, -0.25) is 14.7 Å². The summed E-state index contributed by atoms with van der Waals surface area (Å²) in [6, 6.07) is 19.5. The summed E-state index contributed by atoms with van der Waals surface area (Å²) in [4.78, 5) is 11.4. The Morgan fingerprint density at radius 1 is 1.03 bits per heavy atom. The second-order valence-electron chi connectivity index (χ2n) is 8.50. The van der Waals surface area contributed by atoms with E-state index in [1.807, 2.05) is 86.0 Å². The summed E-state index contributed by atoms with van der Waals surface area (Å²) in [6.07, 6.45) is 0. The van der Waals surface area contributed by atoms with E-state index in [-0.39, 0.29) is 11.5 Å². The number of halogens is 2. The molecule has 0 aliphatic rings. The third kappa shape index (κ3) is 6.95. The van der Waals surface area contributed by atoms with Gasteiger partial charge in [-0.2, -0.15) is 0 Å². The maximum Gasteiger partial charge on any atom is 0.220 e. The fraction of sp³-hybridized carbons (Fsp3) is 0.259. The van der Waals surface area contributed by atoms with Gasteiger partial charge in [-0.15, -0.1) is 10.2 Å². The van der Waals surface area contributed by atoms with Gasteiger partial charge in [-0.05, 0) is 84.2 Å². The van der Waals surface area contributed by atoms with Crippen molar-refractivity contribution in [3.63, 3.8) is 0 Å². The number of aryl methyl sites for hydroxylation is 2. The van der Waals surface area contributed by atoms with Gasteiger partial charge < -0.3 is 9.47 Å². The zero-order valence-electron chi connectivity index (χ0n) is 21.1. The monoisotopic (exact) mass is 660 g/mol. The molecule has 8 nitrogen and oxygen atoms in total. The first-order valence-corrected chi connectivity index (χ1v) is 14.3. The number of nitro groups is 1. The number of benzene rings is 3. The van der Waals surface area contributed by atoms with Gasteiger partial charge in [0.1, 0.15) is 17.7 Å². The number of rotatable bonds is 11. The third-order valence-electron chi connectivity index (χ3n) is 5.65. The van der Waals surface area contributed by atoms with Crippen molar-refractivity contribution < 1.29 is 14.4 Å². The van der Waals surface area contributed by atoms with Crippen molar-refractivity contribution in [2.45, 2.75) is 37.8 Å². The first-order valence-electron chi connectivity index (χ1n) is 11.9. The molecule has 0 aliphatic heterocycles. The third-order valence-corrected chi connectivity index (χ3v) is 7.95. The Hall–Kier alpha value is -2.89. The van der Waals surface area contributed by atoms with Crippen LogP contribution in [0, 0.1) is 24.0 Å². The summed E-state index contributed by atoms with van der Waals surface area (Å²) in [7, 11) is 0.